The molecule has 2 saturated heterocycles. The summed E-state index contributed by atoms with van der Waals surface area (Å²) < 4.78 is 7.95. The molecule has 0 saturated carbocycles. The van der Waals surface area contributed by atoms with Crippen molar-refractivity contribution in [3.8, 4) is 5.75 Å². The molecule has 4 rings (SSSR count). The Morgan fingerprint density at radius 3 is 2.62 bits per heavy atom. The molecule has 2 aliphatic rings. The highest BCUT2D eigenvalue weighted by atomic mass is 35.5. The molecule has 0 aliphatic carbocycles. The van der Waals surface area contributed by atoms with Crippen LogP contribution in [0.3, 0.4) is 0 Å². The van der Waals surface area contributed by atoms with Crippen molar-refractivity contribution in [1.82, 2.24) is 19.6 Å². The molecule has 2 atom stereocenters. The maximum absolute atomic E-state index is 13.2. The van der Waals surface area contributed by atoms with E-state index in [1.165, 1.54) is 6.42 Å². The first-order chi connectivity index (χ1) is 15.4. The molecule has 1 aromatic carbocycles. The van der Waals surface area contributed by atoms with E-state index >= 15 is 0 Å². The highest BCUT2D eigenvalue weighted by Crippen LogP contribution is 2.29. The number of rotatable bonds is 5. The van der Waals surface area contributed by atoms with Crippen LogP contribution in [0.2, 0.25) is 5.02 Å². The van der Waals surface area contributed by atoms with Gasteiger partial charge in [0.25, 0.3) is 5.91 Å². The van der Waals surface area contributed by atoms with E-state index in [0.717, 1.165) is 31.6 Å². The van der Waals surface area contributed by atoms with Crippen LogP contribution in [0, 0.1) is 12.8 Å². The number of hydrogen-bond donors (Lipinski definition) is 0. The summed E-state index contributed by atoms with van der Waals surface area (Å²) in [5, 5.41) is 4.92. The van der Waals surface area contributed by atoms with Gasteiger partial charge in [0.05, 0.1) is 11.3 Å². The maximum Gasteiger partial charge on any atom is 0.257 e. The van der Waals surface area contributed by atoms with Crippen LogP contribution in [0.5, 0.6) is 5.75 Å². The monoisotopic (exact) mass is 458 g/mol. The lowest BCUT2D eigenvalue weighted by atomic mass is 9.90. The fraction of sp³-hybridized carbons (Fsp3) is 0.542. The Morgan fingerprint density at radius 2 is 1.94 bits per heavy atom. The van der Waals surface area contributed by atoms with Crippen LogP contribution in [-0.2, 0) is 11.8 Å². The number of ether oxygens (including phenoxy) is 1. The maximum atomic E-state index is 13.2. The van der Waals surface area contributed by atoms with E-state index in [2.05, 4.69) is 5.10 Å². The summed E-state index contributed by atoms with van der Waals surface area (Å²) in [5.74, 6) is 0.729. The third-order valence-electron chi connectivity index (χ3n) is 6.42. The predicted octanol–water partition coefficient (Wildman–Crippen LogP) is 3.69. The zero-order chi connectivity index (χ0) is 22.7. The van der Waals surface area contributed by atoms with Crippen molar-refractivity contribution in [2.24, 2.45) is 13.0 Å². The molecule has 2 fully saturated rings. The van der Waals surface area contributed by atoms with Gasteiger partial charge in [-0.2, -0.15) is 5.10 Å². The van der Waals surface area contributed by atoms with Crippen molar-refractivity contribution in [2.75, 3.05) is 26.2 Å². The molecule has 2 aliphatic heterocycles. The van der Waals surface area contributed by atoms with Gasteiger partial charge in [0.2, 0.25) is 5.91 Å². The molecular formula is C24H31ClN4O3. The SMILES string of the molecule is Cc1nn(C)cc1C(=O)N1CC[C@H](Oc2cccc(Cl)c2)[C@@H](CC(=O)N2CCCCC2)C1. The molecule has 0 N–H and O–H groups in total. The van der Waals surface area contributed by atoms with E-state index in [-0.39, 0.29) is 23.8 Å². The fourth-order valence-corrected chi connectivity index (χ4v) is 4.92. The summed E-state index contributed by atoms with van der Waals surface area (Å²) in [5.41, 5.74) is 1.33. The quantitative estimate of drug-likeness (QED) is 0.685. The average molecular weight is 459 g/mol. The highest BCUT2D eigenvalue weighted by Gasteiger charge is 2.36. The molecule has 0 bridgehead atoms. The van der Waals surface area contributed by atoms with Crippen LogP contribution >= 0.6 is 11.6 Å². The van der Waals surface area contributed by atoms with Gasteiger partial charge in [-0.3, -0.25) is 14.3 Å². The number of benzene rings is 1. The lowest BCUT2D eigenvalue weighted by Crippen LogP contribution is -2.50. The smallest absolute Gasteiger partial charge is 0.257 e. The second-order valence-corrected chi connectivity index (χ2v) is 9.30. The number of carbonyl (C=O) groups excluding carboxylic acids is 2. The third-order valence-corrected chi connectivity index (χ3v) is 6.66. The molecule has 1 aromatic heterocycles. The molecule has 3 heterocycles. The van der Waals surface area contributed by atoms with Gasteiger partial charge in [-0.15, -0.1) is 0 Å². The predicted molar refractivity (Wildman–Crippen MR) is 123 cm³/mol. The number of amides is 2. The first-order valence-corrected chi connectivity index (χ1v) is 11.8. The third kappa shape index (κ3) is 5.26. The topological polar surface area (TPSA) is 67.7 Å². The Kier molecular flexibility index (Phi) is 7.04. The Hall–Kier alpha value is -2.54. The molecule has 7 nitrogen and oxygen atoms in total. The van der Waals surface area contributed by atoms with E-state index in [1.54, 1.807) is 16.9 Å². The molecule has 0 unspecified atom stereocenters. The van der Waals surface area contributed by atoms with Gasteiger partial charge in [-0.25, -0.2) is 0 Å². The van der Waals surface area contributed by atoms with Gasteiger partial charge >= 0.3 is 0 Å². The molecule has 2 amide bonds. The largest absolute Gasteiger partial charge is 0.490 e. The van der Waals surface area contributed by atoms with Crippen molar-refractivity contribution in [2.45, 2.75) is 45.1 Å². The van der Waals surface area contributed by atoms with E-state index in [9.17, 15) is 9.59 Å². The number of hydrogen-bond acceptors (Lipinski definition) is 4. The van der Waals surface area contributed by atoms with Crippen molar-refractivity contribution >= 4 is 23.4 Å². The van der Waals surface area contributed by atoms with Crippen LogP contribution in [0.4, 0.5) is 0 Å². The average Bonchev–Trinajstić information content (AvgIpc) is 3.13. The minimum absolute atomic E-state index is 0.0350. The summed E-state index contributed by atoms with van der Waals surface area (Å²) in [6.07, 6.45) is 5.95. The zero-order valence-electron chi connectivity index (χ0n) is 18.8. The van der Waals surface area contributed by atoms with Crippen LogP contribution in [0.1, 0.15) is 48.2 Å². The molecule has 32 heavy (non-hydrogen) atoms. The number of nitrogens with zero attached hydrogens (tertiary/aromatic N) is 4. The lowest BCUT2D eigenvalue weighted by molar-refractivity contribution is -0.134. The van der Waals surface area contributed by atoms with E-state index in [0.29, 0.717) is 42.3 Å². The molecule has 172 valence electrons. The van der Waals surface area contributed by atoms with Gasteiger partial charge in [0, 0.05) is 63.2 Å². The Balaban J connectivity index is 1.50. The first-order valence-electron chi connectivity index (χ1n) is 11.4. The molecule has 0 radical (unpaired) electrons. The van der Waals surface area contributed by atoms with Crippen molar-refractivity contribution in [3.63, 3.8) is 0 Å². The number of aryl methyl sites for hydroxylation is 2. The normalized spacial score (nSPS) is 21.5. The first kappa shape index (κ1) is 22.6. The minimum Gasteiger partial charge on any atom is -0.490 e. The highest BCUT2D eigenvalue weighted by molar-refractivity contribution is 6.30. The van der Waals surface area contributed by atoms with Crippen molar-refractivity contribution in [3.05, 3.63) is 46.7 Å². The Labute approximate surface area is 194 Å². The number of aromatic nitrogens is 2. The summed E-state index contributed by atoms with van der Waals surface area (Å²) >= 11 is 6.13. The van der Waals surface area contributed by atoms with Gasteiger partial charge in [0.1, 0.15) is 11.9 Å². The van der Waals surface area contributed by atoms with E-state index < -0.39 is 0 Å². The molecule has 2 aromatic rings. The standard InChI is InChI=1S/C24H31ClN4O3/c1-17-21(16-27(2)26-17)24(31)29-12-9-22(32-20-8-6-7-19(25)14-20)18(15-29)13-23(30)28-10-4-3-5-11-28/h6-8,14,16,18,22H,3-5,9-13,15H2,1-2H3/t18-,22-/m0/s1. The van der Waals surface area contributed by atoms with Gasteiger partial charge in [-0.05, 0) is 44.4 Å². The Bertz CT molecular complexity index is 970. The summed E-state index contributed by atoms with van der Waals surface area (Å²) in [4.78, 5) is 30.1. The van der Waals surface area contributed by atoms with Crippen LogP contribution in [0.15, 0.2) is 30.5 Å². The Morgan fingerprint density at radius 1 is 1.16 bits per heavy atom. The second kappa shape index (κ2) is 9.94. The van der Waals surface area contributed by atoms with Crippen molar-refractivity contribution in [1.29, 1.82) is 0 Å². The number of likely N-dealkylation sites (tertiary alicyclic amines) is 2. The lowest BCUT2D eigenvalue weighted by Gasteiger charge is -2.39. The number of halogens is 1. The van der Waals surface area contributed by atoms with Crippen LogP contribution < -0.4 is 4.74 Å². The van der Waals surface area contributed by atoms with Crippen LogP contribution in [0.25, 0.3) is 0 Å². The van der Waals surface area contributed by atoms with Gasteiger partial charge < -0.3 is 14.5 Å². The van der Waals surface area contributed by atoms with Gasteiger partial charge in [0.15, 0.2) is 0 Å². The fourth-order valence-electron chi connectivity index (χ4n) is 4.74. The summed E-state index contributed by atoms with van der Waals surface area (Å²) in [6.45, 7) is 4.55. The zero-order valence-corrected chi connectivity index (χ0v) is 19.6. The second-order valence-electron chi connectivity index (χ2n) is 8.86. The molecule has 8 heteroatoms. The number of piperidine rings is 2. The van der Waals surface area contributed by atoms with Crippen LogP contribution in [-0.4, -0.2) is 63.7 Å². The summed E-state index contributed by atoms with van der Waals surface area (Å²) in [6, 6.07) is 7.34. The summed E-state index contributed by atoms with van der Waals surface area (Å²) in [7, 11) is 1.81. The van der Waals surface area contributed by atoms with Crippen molar-refractivity contribution < 1.29 is 14.3 Å². The molecular weight excluding hydrogens is 428 g/mol. The minimum atomic E-state index is -0.152. The van der Waals surface area contributed by atoms with Gasteiger partial charge in [-0.1, -0.05) is 17.7 Å². The van der Waals surface area contributed by atoms with E-state index in [4.69, 9.17) is 16.3 Å². The number of carbonyl (C=O) groups is 2. The molecule has 0 spiro atoms. The van der Waals surface area contributed by atoms with E-state index in [1.807, 2.05) is 42.0 Å².